The molecule has 0 radical (unpaired) electrons. The van der Waals surface area contributed by atoms with Gasteiger partial charge < -0.3 is 24.4 Å². The Balaban J connectivity index is 1.52. The molecule has 1 fully saturated rings. The topological polar surface area (TPSA) is 77.1 Å². The van der Waals surface area contributed by atoms with Crippen molar-refractivity contribution in [1.82, 2.24) is 4.90 Å². The summed E-state index contributed by atoms with van der Waals surface area (Å²) in [6.07, 6.45) is 2.97. The van der Waals surface area contributed by atoms with Gasteiger partial charge in [-0.2, -0.15) is 0 Å². The van der Waals surface area contributed by atoms with Gasteiger partial charge in [0.1, 0.15) is 24.7 Å². The second kappa shape index (κ2) is 9.87. The molecular formula is C21H27ClN2O5. The van der Waals surface area contributed by atoms with Gasteiger partial charge >= 0.3 is 0 Å². The van der Waals surface area contributed by atoms with E-state index in [1.165, 1.54) is 0 Å². The number of anilines is 1. The highest BCUT2D eigenvalue weighted by atomic mass is 35.5. The molecule has 2 aliphatic rings. The van der Waals surface area contributed by atoms with Crippen LogP contribution >= 0.6 is 11.6 Å². The van der Waals surface area contributed by atoms with Crippen LogP contribution in [0.3, 0.4) is 0 Å². The number of carbonyl (C=O) groups is 2. The van der Waals surface area contributed by atoms with Gasteiger partial charge in [0.25, 0.3) is 5.91 Å². The third kappa shape index (κ3) is 5.56. The fourth-order valence-corrected chi connectivity index (χ4v) is 3.84. The Morgan fingerprint density at radius 2 is 2.10 bits per heavy atom. The molecule has 0 saturated carbocycles. The fourth-order valence-electron chi connectivity index (χ4n) is 3.67. The smallest absolute Gasteiger partial charge is 0.292 e. The first-order chi connectivity index (χ1) is 14.0. The molecule has 29 heavy (non-hydrogen) atoms. The number of benzene rings is 1. The van der Waals surface area contributed by atoms with Crippen LogP contribution in [0.5, 0.6) is 5.75 Å². The van der Waals surface area contributed by atoms with Gasteiger partial charge in [-0.3, -0.25) is 9.59 Å². The zero-order valence-electron chi connectivity index (χ0n) is 16.8. The first-order valence-electron chi connectivity index (χ1n) is 9.87. The Labute approximate surface area is 175 Å². The van der Waals surface area contributed by atoms with Gasteiger partial charge in [-0.25, -0.2) is 0 Å². The lowest BCUT2D eigenvalue weighted by molar-refractivity contribution is -0.134. The summed E-state index contributed by atoms with van der Waals surface area (Å²) >= 11 is 6.01. The first kappa shape index (κ1) is 21.3. The predicted octanol–water partition coefficient (Wildman–Crippen LogP) is 3.58. The quantitative estimate of drug-likeness (QED) is 0.758. The van der Waals surface area contributed by atoms with E-state index >= 15 is 0 Å². The van der Waals surface area contributed by atoms with Crippen molar-refractivity contribution in [3.8, 4) is 5.75 Å². The van der Waals surface area contributed by atoms with E-state index in [0.29, 0.717) is 67.1 Å². The Kier molecular flexibility index (Phi) is 7.25. The number of carbonyl (C=O) groups excluding carboxylic acids is 2. The Hall–Kier alpha value is -2.41. The summed E-state index contributed by atoms with van der Waals surface area (Å²) in [5.74, 6) is 1.46. The molecule has 1 saturated heterocycles. The number of hydrogen-bond acceptors (Lipinski definition) is 5. The molecule has 1 aromatic carbocycles. The zero-order chi connectivity index (χ0) is 20.8. The van der Waals surface area contributed by atoms with Gasteiger partial charge in [0.2, 0.25) is 11.7 Å². The third-order valence-corrected chi connectivity index (χ3v) is 5.42. The van der Waals surface area contributed by atoms with Crippen LogP contribution in [0.15, 0.2) is 29.7 Å². The van der Waals surface area contributed by atoms with E-state index in [1.54, 1.807) is 37.1 Å². The number of allylic oxidation sites excluding steroid dienone is 1. The highest BCUT2D eigenvalue weighted by Crippen LogP contribution is 2.29. The molecule has 3 rings (SSSR count). The fraction of sp³-hybridized carbons (Fsp3) is 0.524. The number of hydrogen-bond donors (Lipinski definition) is 1. The molecule has 1 N–H and O–H groups in total. The number of piperidine rings is 1. The Bertz CT molecular complexity index is 795. The van der Waals surface area contributed by atoms with Gasteiger partial charge in [-0.1, -0.05) is 11.6 Å². The molecule has 2 aliphatic heterocycles. The molecular weight excluding hydrogens is 396 g/mol. The van der Waals surface area contributed by atoms with E-state index in [2.05, 4.69) is 5.32 Å². The number of likely N-dealkylation sites (tertiary alicyclic amines) is 1. The van der Waals surface area contributed by atoms with Gasteiger partial charge in [-0.05, 0) is 50.3 Å². The maximum atomic E-state index is 12.7. The minimum atomic E-state index is -0.125. The summed E-state index contributed by atoms with van der Waals surface area (Å²) in [6.45, 7) is 3.93. The minimum absolute atomic E-state index is 0.100. The lowest BCUT2D eigenvalue weighted by Crippen LogP contribution is -2.42. The summed E-state index contributed by atoms with van der Waals surface area (Å²) in [5.41, 5.74) is 0.558. The van der Waals surface area contributed by atoms with Gasteiger partial charge in [0.05, 0.1) is 12.8 Å². The van der Waals surface area contributed by atoms with Crippen molar-refractivity contribution in [2.45, 2.75) is 32.6 Å². The molecule has 0 spiro atoms. The molecule has 0 aromatic heterocycles. The first-order valence-corrected chi connectivity index (χ1v) is 10.2. The number of rotatable bonds is 6. The second-order valence-electron chi connectivity index (χ2n) is 7.27. The number of amides is 2. The number of methoxy groups -OCH3 is 1. The summed E-state index contributed by atoms with van der Waals surface area (Å²) in [6, 6.07) is 5.10. The summed E-state index contributed by atoms with van der Waals surface area (Å²) in [7, 11) is 1.55. The second-order valence-corrected chi connectivity index (χ2v) is 7.71. The lowest BCUT2D eigenvalue weighted by atomic mass is 9.93. The maximum absolute atomic E-state index is 12.7. The van der Waals surface area contributed by atoms with Crippen LogP contribution < -0.4 is 10.1 Å². The Morgan fingerprint density at radius 1 is 1.31 bits per heavy atom. The molecule has 8 heteroatoms. The van der Waals surface area contributed by atoms with Crippen molar-refractivity contribution < 1.29 is 23.8 Å². The third-order valence-electron chi connectivity index (χ3n) is 5.18. The van der Waals surface area contributed by atoms with Crippen molar-refractivity contribution in [3.05, 3.63) is 34.7 Å². The van der Waals surface area contributed by atoms with Crippen LogP contribution in [0.4, 0.5) is 5.69 Å². The van der Waals surface area contributed by atoms with E-state index in [9.17, 15) is 9.59 Å². The van der Waals surface area contributed by atoms with E-state index in [0.717, 1.165) is 12.8 Å². The minimum Gasteiger partial charge on any atom is -0.495 e. The maximum Gasteiger partial charge on any atom is 0.292 e. The number of nitrogens with one attached hydrogen (secondary N) is 1. The van der Waals surface area contributed by atoms with Crippen molar-refractivity contribution in [2.24, 2.45) is 5.92 Å². The highest BCUT2D eigenvalue weighted by Gasteiger charge is 2.29. The zero-order valence-corrected chi connectivity index (χ0v) is 17.6. The van der Waals surface area contributed by atoms with Crippen molar-refractivity contribution in [1.29, 1.82) is 0 Å². The molecule has 0 bridgehead atoms. The molecule has 2 amide bonds. The van der Waals surface area contributed by atoms with E-state index in [1.807, 2.05) is 0 Å². The summed E-state index contributed by atoms with van der Waals surface area (Å²) in [4.78, 5) is 27.0. The van der Waals surface area contributed by atoms with Crippen LogP contribution in [0.2, 0.25) is 5.02 Å². The molecule has 7 nitrogen and oxygen atoms in total. The van der Waals surface area contributed by atoms with Crippen LogP contribution in [0.1, 0.15) is 32.6 Å². The van der Waals surface area contributed by atoms with Gasteiger partial charge in [0.15, 0.2) is 0 Å². The number of nitrogens with zero attached hydrogens (tertiary/aromatic N) is 1. The van der Waals surface area contributed by atoms with Crippen LogP contribution in [0.25, 0.3) is 0 Å². The average molecular weight is 423 g/mol. The molecule has 1 aromatic rings. The van der Waals surface area contributed by atoms with Crippen LogP contribution in [-0.2, 0) is 19.1 Å². The standard InChI is InChI=1S/C21H27ClN2O5/c1-14-20(29-11-10-28-14)21(26)24-9-3-4-15(13-24)5-8-19(25)23-17-12-16(22)6-7-18(17)27-2/h6-7,12,15H,3-5,8-11,13H2,1-2H3,(H,23,25). The highest BCUT2D eigenvalue weighted by molar-refractivity contribution is 6.31. The SMILES string of the molecule is COc1ccc(Cl)cc1NC(=O)CCC1CCCN(C(=O)C2=C(C)OCCO2)C1. The monoisotopic (exact) mass is 422 g/mol. The van der Waals surface area contributed by atoms with Gasteiger partial charge in [-0.15, -0.1) is 0 Å². The molecule has 2 heterocycles. The van der Waals surface area contributed by atoms with E-state index < -0.39 is 0 Å². The van der Waals surface area contributed by atoms with Crippen LogP contribution in [0, 0.1) is 5.92 Å². The Morgan fingerprint density at radius 3 is 2.86 bits per heavy atom. The van der Waals surface area contributed by atoms with Crippen LogP contribution in [-0.4, -0.2) is 50.1 Å². The largest absolute Gasteiger partial charge is 0.495 e. The van der Waals surface area contributed by atoms with Crippen molar-refractivity contribution in [2.75, 3.05) is 38.7 Å². The molecule has 1 atom stereocenters. The van der Waals surface area contributed by atoms with Gasteiger partial charge in [0, 0.05) is 24.5 Å². The predicted molar refractivity (Wildman–Crippen MR) is 110 cm³/mol. The molecule has 158 valence electrons. The van der Waals surface area contributed by atoms with E-state index in [4.69, 9.17) is 25.8 Å². The van der Waals surface area contributed by atoms with Crippen molar-refractivity contribution in [3.63, 3.8) is 0 Å². The summed E-state index contributed by atoms with van der Waals surface area (Å²) < 4.78 is 16.2. The lowest BCUT2D eigenvalue weighted by Gasteiger charge is -2.34. The molecule has 0 aliphatic carbocycles. The molecule has 1 unspecified atom stereocenters. The summed E-state index contributed by atoms with van der Waals surface area (Å²) in [5, 5.41) is 3.39. The van der Waals surface area contributed by atoms with Crippen molar-refractivity contribution >= 4 is 29.1 Å². The normalized spacial score (nSPS) is 19.3. The van der Waals surface area contributed by atoms with E-state index in [-0.39, 0.29) is 17.7 Å². The number of ether oxygens (including phenoxy) is 3. The average Bonchev–Trinajstić information content (AvgIpc) is 2.72. The number of halogens is 1.